The number of nitrogens with zero attached hydrogens (tertiary/aromatic N) is 2. The molecule has 0 spiro atoms. The standard InChI is InChI=1S/C11H14N2O2S/c1-6-9-7(10(14)15)4-3-5-8(9)13-11(12-6)16-2/h7H,3-5H2,1-2H3,(H,14,15). The molecule has 1 N–H and O–H groups in total. The van der Waals surface area contributed by atoms with Gasteiger partial charge in [-0.2, -0.15) is 0 Å². The summed E-state index contributed by atoms with van der Waals surface area (Å²) >= 11 is 1.50. The molecule has 2 rings (SSSR count). The van der Waals surface area contributed by atoms with Crippen molar-refractivity contribution in [2.75, 3.05) is 6.26 Å². The summed E-state index contributed by atoms with van der Waals surface area (Å²) in [5.41, 5.74) is 2.59. The van der Waals surface area contributed by atoms with E-state index in [4.69, 9.17) is 0 Å². The van der Waals surface area contributed by atoms with Crippen molar-refractivity contribution in [1.29, 1.82) is 0 Å². The minimum absolute atomic E-state index is 0.417. The number of hydrogen-bond acceptors (Lipinski definition) is 4. The third kappa shape index (κ3) is 1.91. The van der Waals surface area contributed by atoms with Crippen LogP contribution in [0.4, 0.5) is 0 Å². The van der Waals surface area contributed by atoms with Crippen LogP contribution in [0.2, 0.25) is 0 Å². The molecule has 1 atom stereocenters. The highest BCUT2D eigenvalue weighted by Crippen LogP contribution is 2.33. The molecule has 86 valence electrons. The summed E-state index contributed by atoms with van der Waals surface area (Å²) in [6.45, 7) is 1.88. The van der Waals surface area contributed by atoms with Gasteiger partial charge in [-0.3, -0.25) is 4.79 Å². The van der Waals surface area contributed by atoms with E-state index in [2.05, 4.69) is 9.97 Å². The van der Waals surface area contributed by atoms with Crippen molar-refractivity contribution in [2.24, 2.45) is 0 Å². The lowest BCUT2D eigenvalue weighted by Gasteiger charge is -2.23. The highest BCUT2D eigenvalue weighted by molar-refractivity contribution is 7.98. The molecule has 1 aliphatic rings. The van der Waals surface area contributed by atoms with Crippen LogP contribution in [0.1, 0.15) is 35.7 Å². The van der Waals surface area contributed by atoms with Crippen LogP contribution in [0.15, 0.2) is 5.16 Å². The summed E-state index contributed by atoms with van der Waals surface area (Å²) in [5.74, 6) is -1.18. The van der Waals surface area contributed by atoms with E-state index in [1.807, 2.05) is 13.2 Å². The van der Waals surface area contributed by atoms with Gasteiger partial charge in [-0.05, 0) is 32.4 Å². The van der Waals surface area contributed by atoms with Crippen LogP contribution in [0.5, 0.6) is 0 Å². The lowest BCUT2D eigenvalue weighted by Crippen LogP contribution is -2.21. The average Bonchev–Trinajstić information content (AvgIpc) is 2.27. The number of aliphatic carboxylic acids is 1. The summed E-state index contributed by atoms with van der Waals surface area (Å²) in [4.78, 5) is 19.9. The Bertz CT molecular complexity index is 434. The van der Waals surface area contributed by atoms with Crippen molar-refractivity contribution in [3.63, 3.8) is 0 Å². The monoisotopic (exact) mass is 238 g/mol. The number of rotatable bonds is 2. The van der Waals surface area contributed by atoms with E-state index in [1.54, 1.807) is 0 Å². The Morgan fingerprint density at radius 1 is 1.50 bits per heavy atom. The lowest BCUT2D eigenvalue weighted by molar-refractivity contribution is -0.139. The van der Waals surface area contributed by atoms with Gasteiger partial charge in [-0.1, -0.05) is 11.8 Å². The fraction of sp³-hybridized carbons (Fsp3) is 0.545. The van der Waals surface area contributed by atoms with Gasteiger partial charge in [0.15, 0.2) is 5.16 Å². The number of carboxylic acid groups (broad SMARTS) is 1. The van der Waals surface area contributed by atoms with E-state index >= 15 is 0 Å². The van der Waals surface area contributed by atoms with E-state index in [1.165, 1.54) is 11.8 Å². The van der Waals surface area contributed by atoms with Gasteiger partial charge in [-0.15, -0.1) is 0 Å². The van der Waals surface area contributed by atoms with Gasteiger partial charge in [0.05, 0.1) is 5.92 Å². The molecule has 0 fully saturated rings. The van der Waals surface area contributed by atoms with E-state index in [0.717, 1.165) is 34.9 Å². The maximum atomic E-state index is 11.2. The third-order valence-electron chi connectivity index (χ3n) is 2.93. The van der Waals surface area contributed by atoms with Crippen LogP contribution in [-0.4, -0.2) is 27.3 Å². The van der Waals surface area contributed by atoms with Gasteiger partial charge >= 0.3 is 5.97 Å². The van der Waals surface area contributed by atoms with Crippen LogP contribution >= 0.6 is 11.8 Å². The Kier molecular flexibility index (Phi) is 3.14. The fourth-order valence-corrected chi connectivity index (χ4v) is 2.64. The Morgan fingerprint density at radius 2 is 2.25 bits per heavy atom. The Labute approximate surface area is 98.5 Å². The number of aromatic nitrogens is 2. The van der Waals surface area contributed by atoms with Crippen molar-refractivity contribution >= 4 is 17.7 Å². The molecule has 1 aromatic heterocycles. The first-order valence-electron chi connectivity index (χ1n) is 5.27. The molecule has 0 aliphatic heterocycles. The van der Waals surface area contributed by atoms with Crippen molar-refractivity contribution in [3.8, 4) is 0 Å². The molecule has 0 bridgehead atoms. The third-order valence-corrected chi connectivity index (χ3v) is 3.48. The van der Waals surface area contributed by atoms with Crippen LogP contribution in [0, 0.1) is 6.92 Å². The second kappa shape index (κ2) is 4.41. The quantitative estimate of drug-likeness (QED) is 0.630. The van der Waals surface area contributed by atoms with Gasteiger partial charge < -0.3 is 5.11 Å². The van der Waals surface area contributed by atoms with E-state index in [-0.39, 0.29) is 0 Å². The lowest BCUT2D eigenvalue weighted by atomic mass is 9.85. The molecule has 1 heterocycles. The fourth-order valence-electron chi connectivity index (χ4n) is 2.21. The number of carboxylic acids is 1. The van der Waals surface area contributed by atoms with E-state index in [0.29, 0.717) is 6.42 Å². The molecule has 1 aromatic rings. The molecular weight excluding hydrogens is 224 g/mol. The van der Waals surface area contributed by atoms with Crippen LogP contribution in [-0.2, 0) is 11.2 Å². The second-order valence-corrected chi connectivity index (χ2v) is 4.71. The van der Waals surface area contributed by atoms with Crippen molar-refractivity contribution in [3.05, 3.63) is 17.0 Å². The molecule has 0 saturated heterocycles. The van der Waals surface area contributed by atoms with E-state index < -0.39 is 11.9 Å². The topological polar surface area (TPSA) is 63.1 Å². The van der Waals surface area contributed by atoms with Gasteiger partial charge in [0, 0.05) is 17.0 Å². The first-order valence-corrected chi connectivity index (χ1v) is 6.50. The predicted molar refractivity (Wildman–Crippen MR) is 61.9 cm³/mol. The Hall–Kier alpha value is -1.10. The number of fused-ring (bicyclic) bond motifs is 1. The zero-order valence-corrected chi connectivity index (χ0v) is 10.2. The Balaban J connectivity index is 2.52. The van der Waals surface area contributed by atoms with Gasteiger partial charge in [0.1, 0.15) is 0 Å². The maximum absolute atomic E-state index is 11.2. The first-order chi connectivity index (χ1) is 7.63. The highest BCUT2D eigenvalue weighted by Gasteiger charge is 2.29. The second-order valence-electron chi connectivity index (χ2n) is 3.94. The minimum Gasteiger partial charge on any atom is -0.481 e. The summed E-state index contributed by atoms with van der Waals surface area (Å²) < 4.78 is 0. The molecule has 5 heteroatoms. The molecule has 1 unspecified atom stereocenters. The smallest absolute Gasteiger partial charge is 0.311 e. The largest absolute Gasteiger partial charge is 0.481 e. The van der Waals surface area contributed by atoms with E-state index in [9.17, 15) is 9.90 Å². The van der Waals surface area contributed by atoms with Crippen LogP contribution < -0.4 is 0 Å². The van der Waals surface area contributed by atoms with Crippen molar-refractivity contribution in [2.45, 2.75) is 37.3 Å². The first kappa shape index (κ1) is 11.4. The van der Waals surface area contributed by atoms with Crippen LogP contribution in [0.25, 0.3) is 0 Å². The average molecular weight is 238 g/mol. The molecule has 0 saturated carbocycles. The zero-order valence-electron chi connectivity index (χ0n) is 9.36. The van der Waals surface area contributed by atoms with Crippen LogP contribution in [0.3, 0.4) is 0 Å². The highest BCUT2D eigenvalue weighted by atomic mass is 32.2. The Morgan fingerprint density at radius 3 is 2.88 bits per heavy atom. The van der Waals surface area contributed by atoms with Crippen molar-refractivity contribution < 1.29 is 9.90 Å². The minimum atomic E-state index is -0.760. The molecule has 0 radical (unpaired) electrons. The number of hydrogen-bond donors (Lipinski definition) is 1. The molecule has 0 aromatic carbocycles. The SMILES string of the molecule is CSc1nc(C)c2c(n1)CCCC2C(=O)O. The molecule has 16 heavy (non-hydrogen) atoms. The maximum Gasteiger partial charge on any atom is 0.311 e. The summed E-state index contributed by atoms with van der Waals surface area (Å²) in [7, 11) is 0. The van der Waals surface area contributed by atoms with Crippen molar-refractivity contribution in [1.82, 2.24) is 9.97 Å². The number of thioether (sulfide) groups is 1. The summed E-state index contributed by atoms with van der Waals surface area (Å²) in [6.07, 6.45) is 4.40. The molecular formula is C11H14N2O2S. The number of carbonyl (C=O) groups is 1. The normalized spacial score (nSPS) is 19.2. The summed E-state index contributed by atoms with van der Waals surface area (Å²) in [5, 5.41) is 9.91. The zero-order chi connectivity index (χ0) is 11.7. The molecule has 0 amide bonds. The molecule has 4 nitrogen and oxygen atoms in total. The summed E-state index contributed by atoms with van der Waals surface area (Å²) in [6, 6.07) is 0. The predicted octanol–water partition coefficient (Wildman–Crippen LogP) is 2.01. The molecule has 1 aliphatic carbocycles. The van der Waals surface area contributed by atoms with Gasteiger partial charge in [0.2, 0.25) is 0 Å². The van der Waals surface area contributed by atoms with Gasteiger partial charge in [0.25, 0.3) is 0 Å². The van der Waals surface area contributed by atoms with Gasteiger partial charge in [-0.25, -0.2) is 9.97 Å². The number of aryl methyl sites for hydroxylation is 2.